The van der Waals surface area contributed by atoms with E-state index in [9.17, 15) is 9.90 Å². The molecule has 5 rings (SSSR count). The number of nitrogens with one attached hydrogen (secondary N) is 1. The van der Waals surface area contributed by atoms with Crippen molar-refractivity contribution in [1.29, 1.82) is 0 Å². The predicted octanol–water partition coefficient (Wildman–Crippen LogP) is 2.69. The zero-order valence-electron chi connectivity index (χ0n) is 18.1. The Kier molecular flexibility index (Phi) is 5.06. The van der Waals surface area contributed by atoms with Gasteiger partial charge in [0, 0.05) is 49.9 Å². The Balaban J connectivity index is 1.42. The van der Waals surface area contributed by atoms with Crippen molar-refractivity contribution in [1.82, 2.24) is 30.0 Å². The van der Waals surface area contributed by atoms with E-state index in [2.05, 4.69) is 30.4 Å². The summed E-state index contributed by atoms with van der Waals surface area (Å²) >= 11 is 0. The summed E-state index contributed by atoms with van der Waals surface area (Å²) in [6.07, 6.45) is 3.62. The van der Waals surface area contributed by atoms with Gasteiger partial charge in [-0.05, 0) is 37.3 Å². The fourth-order valence-electron chi connectivity index (χ4n) is 3.71. The molecule has 2 N–H and O–H groups in total. The third-order valence-electron chi connectivity index (χ3n) is 5.52. The standard InChI is InChI=1S/C23H21N7O3/c1-14-12-15(6-9-24-14)26-22-25-10-7-17(28-22)16-4-3-5-18(27-16)19-13-20(29-33-19)23(32)8-11-30(2)21(23)31/h3-7,9-10,12-13,32H,8,11H2,1-2H3,(H,24,25,26,28)/t23-/m1/s1. The van der Waals surface area contributed by atoms with E-state index in [-0.39, 0.29) is 12.1 Å². The summed E-state index contributed by atoms with van der Waals surface area (Å²) < 4.78 is 5.42. The number of amides is 1. The van der Waals surface area contributed by atoms with Crippen LogP contribution in [0.1, 0.15) is 17.8 Å². The van der Waals surface area contributed by atoms with Gasteiger partial charge < -0.3 is 19.8 Å². The van der Waals surface area contributed by atoms with E-state index in [4.69, 9.17) is 4.52 Å². The topological polar surface area (TPSA) is 130 Å². The Morgan fingerprint density at radius 2 is 1.85 bits per heavy atom. The Hall–Kier alpha value is -4.18. The van der Waals surface area contributed by atoms with Gasteiger partial charge in [0.25, 0.3) is 5.91 Å². The number of likely N-dealkylation sites (N-methyl/N-ethyl adjacent to an activating group) is 1. The van der Waals surface area contributed by atoms with Crippen LogP contribution >= 0.6 is 0 Å². The Labute approximate surface area is 189 Å². The van der Waals surface area contributed by atoms with Crippen molar-refractivity contribution in [2.24, 2.45) is 0 Å². The fraction of sp³-hybridized carbons (Fsp3) is 0.217. The van der Waals surface area contributed by atoms with Gasteiger partial charge in [-0.3, -0.25) is 9.78 Å². The molecule has 1 fully saturated rings. The van der Waals surface area contributed by atoms with Gasteiger partial charge in [0.15, 0.2) is 11.4 Å². The lowest BCUT2D eigenvalue weighted by Gasteiger charge is -2.16. The van der Waals surface area contributed by atoms with Gasteiger partial charge in [0.2, 0.25) is 5.95 Å². The van der Waals surface area contributed by atoms with E-state index in [1.54, 1.807) is 37.6 Å². The van der Waals surface area contributed by atoms with Crippen molar-refractivity contribution in [3.8, 4) is 22.8 Å². The van der Waals surface area contributed by atoms with Crippen molar-refractivity contribution in [3.05, 3.63) is 66.2 Å². The zero-order valence-corrected chi connectivity index (χ0v) is 18.1. The molecule has 5 heterocycles. The van der Waals surface area contributed by atoms with Crippen molar-refractivity contribution in [3.63, 3.8) is 0 Å². The van der Waals surface area contributed by atoms with Gasteiger partial charge in [-0.15, -0.1) is 0 Å². The molecule has 166 valence electrons. The van der Waals surface area contributed by atoms with Crippen LogP contribution in [0.3, 0.4) is 0 Å². The molecule has 4 aromatic heterocycles. The Bertz CT molecular complexity index is 1340. The number of carbonyl (C=O) groups excluding carboxylic acids is 1. The minimum atomic E-state index is -1.67. The Morgan fingerprint density at radius 1 is 1.06 bits per heavy atom. The summed E-state index contributed by atoms with van der Waals surface area (Å²) in [7, 11) is 1.65. The average Bonchev–Trinajstić information content (AvgIpc) is 3.42. The molecular formula is C23H21N7O3. The molecule has 0 spiro atoms. The van der Waals surface area contributed by atoms with Crippen molar-refractivity contribution >= 4 is 17.5 Å². The quantitative estimate of drug-likeness (QED) is 0.478. The van der Waals surface area contributed by atoms with Gasteiger partial charge in [0.1, 0.15) is 11.4 Å². The SMILES string of the molecule is Cc1cc(Nc2nccc(-c3cccc(-c4cc([C@]5(O)CCN(C)C5=O)no4)n3)n2)ccn1. The van der Waals surface area contributed by atoms with Gasteiger partial charge in [-0.2, -0.15) is 0 Å². The van der Waals surface area contributed by atoms with Crippen LogP contribution in [0, 0.1) is 6.92 Å². The summed E-state index contributed by atoms with van der Waals surface area (Å²) in [5.74, 6) is 0.384. The zero-order chi connectivity index (χ0) is 23.0. The number of nitrogens with zero attached hydrogens (tertiary/aromatic N) is 6. The highest BCUT2D eigenvalue weighted by molar-refractivity contribution is 5.88. The van der Waals surface area contributed by atoms with Crippen molar-refractivity contribution in [2.45, 2.75) is 18.9 Å². The molecule has 1 saturated heterocycles. The number of hydrogen-bond donors (Lipinski definition) is 2. The number of aryl methyl sites for hydroxylation is 1. The molecule has 0 unspecified atom stereocenters. The molecule has 10 nitrogen and oxygen atoms in total. The van der Waals surface area contributed by atoms with Crippen LogP contribution in [0.25, 0.3) is 22.8 Å². The highest BCUT2D eigenvalue weighted by Gasteiger charge is 2.47. The van der Waals surface area contributed by atoms with Gasteiger partial charge in [-0.1, -0.05) is 11.2 Å². The molecule has 1 atom stereocenters. The minimum Gasteiger partial charge on any atom is -0.374 e. The summed E-state index contributed by atoms with van der Waals surface area (Å²) in [6, 6.07) is 12.5. The van der Waals surface area contributed by atoms with E-state index in [0.29, 0.717) is 35.3 Å². The molecule has 0 aromatic carbocycles. The fourth-order valence-corrected chi connectivity index (χ4v) is 3.71. The highest BCUT2D eigenvalue weighted by Crippen LogP contribution is 2.34. The lowest BCUT2D eigenvalue weighted by atomic mass is 9.97. The van der Waals surface area contributed by atoms with Crippen LogP contribution in [0.5, 0.6) is 0 Å². The van der Waals surface area contributed by atoms with Gasteiger partial charge >= 0.3 is 0 Å². The molecule has 0 radical (unpaired) electrons. The summed E-state index contributed by atoms with van der Waals surface area (Å²) in [5.41, 5.74) is 1.95. The largest absolute Gasteiger partial charge is 0.374 e. The third kappa shape index (κ3) is 3.92. The number of aliphatic hydroxyl groups is 1. The lowest BCUT2D eigenvalue weighted by Crippen LogP contribution is -2.36. The second kappa shape index (κ2) is 8.06. The highest BCUT2D eigenvalue weighted by atomic mass is 16.5. The molecule has 0 aliphatic carbocycles. The number of rotatable bonds is 5. The smallest absolute Gasteiger partial charge is 0.260 e. The first-order valence-corrected chi connectivity index (χ1v) is 10.4. The molecule has 10 heteroatoms. The first-order valence-electron chi connectivity index (χ1n) is 10.4. The third-order valence-corrected chi connectivity index (χ3v) is 5.52. The number of carbonyl (C=O) groups is 1. The van der Waals surface area contributed by atoms with Crippen LogP contribution in [0.2, 0.25) is 0 Å². The maximum atomic E-state index is 12.3. The van der Waals surface area contributed by atoms with Crippen LogP contribution in [-0.4, -0.2) is 54.6 Å². The molecule has 4 aromatic rings. The predicted molar refractivity (Wildman–Crippen MR) is 119 cm³/mol. The maximum absolute atomic E-state index is 12.3. The Morgan fingerprint density at radius 3 is 2.64 bits per heavy atom. The number of pyridine rings is 2. The first-order chi connectivity index (χ1) is 15.9. The average molecular weight is 443 g/mol. The van der Waals surface area contributed by atoms with Gasteiger partial charge in [0.05, 0.1) is 11.4 Å². The van der Waals surface area contributed by atoms with E-state index < -0.39 is 11.5 Å². The second-order valence-electron chi connectivity index (χ2n) is 7.90. The second-order valence-corrected chi connectivity index (χ2v) is 7.90. The minimum absolute atomic E-state index is 0.181. The summed E-state index contributed by atoms with van der Waals surface area (Å²) in [6.45, 7) is 2.36. The maximum Gasteiger partial charge on any atom is 0.260 e. The van der Waals surface area contributed by atoms with Crippen LogP contribution < -0.4 is 5.32 Å². The van der Waals surface area contributed by atoms with E-state index in [1.165, 1.54) is 4.90 Å². The van der Waals surface area contributed by atoms with Gasteiger partial charge in [-0.25, -0.2) is 15.0 Å². The number of likely N-dealkylation sites (tertiary alicyclic amines) is 1. The van der Waals surface area contributed by atoms with Crippen LogP contribution in [0.4, 0.5) is 11.6 Å². The number of anilines is 2. The molecular weight excluding hydrogens is 422 g/mol. The number of aromatic nitrogens is 5. The summed E-state index contributed by atoms with van der Waals surface area (Å²) in [5, 5.41) is 17.9. The summed E-state index contributed by atoms with van der Waals surface area (Å²) in [4.78, 5) is 31.5. The van der Waals surface area contributed by atoms with E-state index in [0.717, 1.165) is 11.4 Å². The van der Waals surface area contributed by atoms with Crippen molar-refractivity contribution < 1.29 is 14.4 Å². The van der Waals surface area contributed by atoms with E-state index >= 15 is 0 Å². The van der Waals surface area contributed by atoms with E-state index in [1.807, 2.05) is 31.2 Å². The van der Waals surface area contributed by atoms with Crippen LogP contribution in [-0.2, 0) is 10.4 Å². The molecule has 1 aliphatic rings. The molecule has 0 bridgehead atoms. The van der Waals surface area contributed by atoms with Crippen LogP contribution in [0.15, 0.2) is 59.4 Å². The molecule has 33 heavy (non-hydrogen) atoms. The normalized spacial score (nSPS) is 18.0. The monoisotopic (exact) mass is 443 g/mol. The molecule has 1 aliphatic heterocycles. The molecule has 1 amide bonds. The first kappa shape index (κ1) is 20.7. The van der Waals surface area contributed by atoms with Crippen molar-refractivity contribution in [2.75, 3.05) is 18.9 Å². The molecule has 0 saturated carbocycles. The lowest BCUT2D eigenvalue weighted by molar-refractivity contribution is -0.143. The number of hydrogen-bond acceptors (Lipinski definition) is 9.